The average molecular weight is 210 g/mol. The summed E-state index contributed by atoms with van der Waals surface area (Å²) in [6.45, 7) is 2.07. The van der Waals surface area contributed by atoms with Gasteiger partial charge in [0.25, 0.3) is 0 Å². The zero-order valence-corrected chi connectivity index (χ0v) is 10.9. The van der Waals surface area contributed by atoms with Crippen molar-refractivity contribution in [2.24, 2.45) is 0 Å². The van der Waals surface area contributed by atoms with Crippen molar-refractivity contribution < 1.29 is 60.9 Å². The molecule has 0 saturated heterocycles. The van der Waals surface area contributed by atoms with Crippen molar-refractivity contribution in [2.45, 2.75) is 6.92 Å². The number of carbonyl (C=O) groups is 1. The van der Waals surface area contributed by atoms with E-state index in [-0.39, 0.29) is 51.4 Å². The molecule has 0 aliphatic heterocycles. The molecule has 1 amide bonds. The number of hydrogen-bond acceptors (Lipinski definition) is 4. The molecular formula is C6H7KN2O2S. The second-order valence-electron chi connectivity index (χ2n) is 1.63. The van der Waals surface area contributed by atoms with Crippen molar-refractivity contribution in [3.05, 3.63) is 16.9 Å². The molecule has 6 heteroatoms. The minimum Gasteiger partial charge on any atom is -0.465 e. The summed E-state index contributed by atoms with van der Waals surface area (Å²) in [7, 11) is 0. The molecule has 60 valence electrons. The Hall–Kier alpha value is 0.536. The van der Waals surface area contributed by atoms with E-state index >= 15 is 0 Å². The molecule has 0 unspecified atom stereocenters. The first-order valence-electron chi connectivity index (χ1n) is 3.11. The summed E-state index contributed by atoms with van der Waals surface area (Å²) >= 11 is 1.30. The number of rotatable bonds is 2. The summed E-state index contributed by atoms with van der Waals surface area (Å²) < 4.78 is 4.58. The van der Waals surface area contributed by atoms with Gasteiger partial charge in [0.05, 0.1) is 6.61 Å². The third-order valence-electron chi connectivity index (χ3n) is 0.874. The van der Waals surface area contributed by atoms with Gasteiger partial charge >= 0.3 is 57.5 Å². The minimum atomic E-state index is -0.581. The van der Waals surface area contributed by atoms with Gasteiger partial charge in [-0.15, -0.1) is 0 Å². The van der Waals surface area contributed by atoms with Crippen LogP contribution in [-0.2, 0) is 4.74 Å². The van der Waals surface area contributed by atoms with Crippen LogP contribution >= 0.6 is 11.3 Å². The first-order valence-corrected chi connectivity index (χ1v) is 3.99. The zero-order chi connectivity index (χ0) is 8.10. The molecule has 0 aromatic carbocycles. The van der Waals surface area contributed by atoms with Crippen LogP contribution in [0.1, 0.15) is 6.92 Å². The van der Waals surface area contributed by atoms with Crippen LogP contribution in [0.2, 0.25) is 0 Å². The summed E-state index contributed by atoms with van der Waals surface area (Å²) in [6.07, 6.45) is 1.00. The van der Waals surface area contributed by atoms with Crippen molar-refractivity contribution in [3.63, 3.8) is 0 Å². The first-order chi connectivity index (χ1) is 5.33. The van der Waals surface area contributed by atoms with E-state index in [4.69, 9.17) is 0 Å². The molecule has 0 spiro atoms. The van der Waals surface area contributed by atoms with Crippen LogP contribution in [0.25, 0.3) is 5.32 Å². The maximum atomic E-state index is 10.7. The molecule has 0 aliphatic rings. The average Bonchev–Trinajstić information content (AvgIpc) is 2.40. The SMILES string of the molecule is CCOC(=O)[N-]c1nccs1.[K+]. The van der Waals surface area contributed by atoms with E-state index in [0.717, 1.165) is 0 Å². The monoisotopic (exact) mass is 210 g/mol. The van der Waals surface area contributed by atoms with Gasteiger partial charge in [-0.25, -0.2) is 0 Å². The standard InChI is InChI=1S/C6H8N2O2S.K/c1-2-10-6(9)8-5-7-3-4-11-5;/h3-4H,2H2,1H3,(H,7,8,9);/q;+1/p-1. The summed E-state index contributed by atoms with van der Waals surface area (Å²) in [5, 5.41) is 5.74. The molecular weight excluding hydrogens is 203 g/mol. The van der Waals surface area contributed by atoms with Crippen LogP contribution in [0, 0.1) is 0 Å². The molecule has 1 aromatic heterocycles. The Morgan fingerprint density at radius 1 is 1.83 bits per heavy atom. The second-order valence-corrected chi connectivity index (χ2v) is 2.50. The van der Waals surface area contributed by atoms with Crippen LogP contribution in [0.5, 0.6) is 0 Å². The van der Waals surface area contributed by atoms with Crippen molar-refractivity contribution >= 4 is 22.6 Å². The minimum absolute atomic E-state index is 0. The molecule has 0 bridgehead atoms. The number of aromatic nitrogens is 1. The van der Waals surface area contributed by atoms with Gasteiger partial charge in [-0.1, -0.05) is 6.20 Å². The van der Waals surface area contributed by atoms with Crippen LogP contribution in [-0.4, -0.2) is 17.7 Å². The molecule has 0 radical (unpaired) electrons. The van der Waals surface area contributed by atoms with Crippen LogP contribution in [0.15, 0.2) is 11.6 Å². The van der Waals surface area contributed by atoms with Crippen LogP contribution in [0.3, 0.4) is 0 Å². The number of hydrogen-bond donors (Lipinski definition) is 0. The molecule has 0 saturated carbocycles. The fraction of sp³-hybridized carbons (Fsp3) is 0.333. The summed E-state index contributed by atoms with van der Waals surface area (Å²) in [5.74, 6) is 0. The normalized spacial score (nSPS) is 8.42. The van der Waals surface area contributed by atoms with E-state index < -0.39 is 6.09 Å². The van der Waals surface area contributed by atoms with Gasteiger partial charge < -0.3 is 15.0 Å². The van der Waals surface area contributed by atoms with Crippen molar-refractivity contribution in [3.8, 4) is 0 Å². The van der Waals surface area contributed by atoms with E-state index in [9.17, 15) is 4.79 Å². The third-order valence-corrected chi connectivity index (χ3v) is 1.54. The molecule has 1 rings (SSSR count). The molecule has 0 aliphatic carbocycles. The van der Waals surface area contributed by atoms with Gasteiger partial charge in [0.15, 0.2) is 0 Å². The van der Waals surface area contributed by atoms with Crippen molar-refractivity contribution in [1.29, 1.82) is 0 Å². The summed E-state index contributed by atoms with van der Waals surface area (Å²) in [4.78, 5) is 14.5. The van der Waals surface area contributed by atoms with E-state index in [1.165, 1.54) is 11.3 Å². The van der Waals surface area contributed by atoms with E-state index in [2.05, 4.69) is 15.0 Å². The Bertz CT molecular complexity index is 227. The summed E-state index contributed by atoms with van der Waals surface area (Å²) in [5.41, 5.74) is 0. The van der Waals surface area contributed by atoms with Crippen molar-refractivity contribution in [1.82, 2.24) is 4.98 Å². The predicted molar refractivity (Wildman–Crippen MR) is 42.2 cm³/mol. The largest absolute Gasteiger partial charge is 1.00 e. The predicted octanol–water partition coefficient (Wildman–Crippen LogP) is -0.691. The van der Waals surface area contributed by atoms with E-state index in [1.54, 1.807) is 18.5 Å². The molecule has 0 atom stereocenters. The van der Waals surface area contributed by atoms with Gasteiger partial charge in [-0.2, -0.15) is 11.3 Å². The second kappa shape index (κ2) is 6.99. The molecule has 1 heterocycles. The Kier molecular flexibility index (Phi) is 7.30. The van der Waals surface area contributed by atoms with E-state index in [0.29, 0.717) is 11.7 Å². The fourth-order valence-electron chi connectivity index (χ4n) is 0.505. The number of thiazole rings is 1. The Morgan fingerprint density at radius 3 is 3.08 bits per heavy atom. The smallest absolute Gasteiger partial charge is 0.465 e. The zero-order valence-electron chi connectivity index (χ0n) is 6.98. The molecule has 4 nitrogen and oxygen atoms in total. The van der Waals surface area contributed by atoms with Gasteiger partial charge in [-0.3, -0.25) is 4.79 Å². The molecule has 0 fully saturated rings. The molecule has 0 N–H and O–H groups in total. The third kappa shape index (κ3) is 4.53. The van der Waals surface area contributed by atoms with Gasteiger partial charge in [0.1, 0.15) is 0 Å². The molecule has 1 aromatic rings. The maximum absolute atomic E-state index is 10.7. The van der Waals surface area contributed by atoms with E-state index in [1.807, 2.05) is 0 Å². The number of amides is 1. The summed E-state index contributed by atoms with van der Waals surface area (Å²) in [6, 6.07) is 0. The van der Waals surface area contributed by atoms with Crippen LogP contribution in [0.4, 0.5) is 9.93 Å². The topological polar surface area (TPSA) is 53.3 Å². The van der Waals surface area contributed by atoms with Gasteiger partial charge in [-0.05, 0) is 12.3 Å². The first kappa shape index (κ1) is 12.5. The maximum Gasteiger partial charge on any atom is 1.00 e. The van der Waals surface area contributed by atoms with Crippen LogP contribution < -0.4 is 51.4 Å². The Morgan fingerprint density at radius 2 is 2.58 bits per heavy atom. The molecule has 12 heavy (non-hydrogen) atoms. The van der Waals surface area contributed by atoms with Gasteiger partial charge in [0, 0.05) is 5.13 Å². The van der Waals surface area contributed by atoms with Crippen molar-refractivity contribution in [2.75, 3.05) is 6.61 Å². The Balaban J connectivity index is 0.00000121. The number of carbonyl (C=O) groups excluding carboxylic acids is 1. The fourth-order valence-corrected chi connectivity index (χ4v) is 0.997. The number of ether oxygens (including phenoxy) is 1. The Labute approximate surface area is 117 Å². The van der Waals surface area contributed by atoms with Gasteiger partial charge in [0.2, 0.25) is 0 Å². The number of nitrogens with zero attached hydrogens (tertiary/aromatic N) is 2. The quantitative estimate of drug-likeness (QED) is 0.607.